The number of hydrogen-bond donors (Lipinski definition) is 1. The van der Waals surface area contributed by atoms with Crippen molar-refractivity contribution >= 4 is 17.4 Å². The van der Waals surface area contributed by atoms with Crippen LogP contribution in [0.3, 0.4) is 0 Å². The number of aryl methyl sites for hydroxylation is 2. The van der Waals surface area contributed by atoms with Crippen molar-refractivity contribution in [3.8, 4) is 5.75 Å². The molecule has 0 aliphatic rings. The van der Waals surface area contributed by atoms with Crippen molar-refractivity contribution in [3.05, 3.63) is 71.6 Å². The van der Waals surface area contributed by atoms with Gasteiger partial charge in [0.05, 0.1) is 19.0 Å². The van der Waals surface area contributed by atoms with Crippen molar-refractivity contribution in [1.29, 1.82) is 0 Å². The van der Waals surface area contributed by atoms with Gasteiger partial charge in [-0.3, -0.25) is 9.78 Å². The summed E-state index contributed by atoms with van der Waals surface area (Å²) < 4.78 is 19.6. The van der Waals surface area contributed by atoms with E-state index in [0.29, 0.717) is 36.3 Å². The van der Waals surface area contributed by atoms with Gasteiger partial charge in [0.1, 0.15) is 0 Å². The number of nitrogens with zero attached hydrogens (tertiary/aromatic N) is 3. The van der Waals surface area contributed by atoms with Crippen molar-refractivity contribution in [3.63, 3.8) is 0 Å². The highest BCUT2D eigenvalue weighted by atomic mass is 19.1. The minimum Gasteiger partial charge on any atom is -0.494 e. The summed E-state index contributed by atoms with van der Waals surface area (Å²) in [4.78, 5) is 24.6. The minimum atomic E-state index is -0.439. The first kappa shape index (κ1) is 19.4. The Morgan fingerprint density at radius 2 is 1.96 bits per heavy atom. The summed E-state index contributed by atoms with van der Waals surface area (Å²) in [6.45, 7) is 1.77. The van der Waals surface area contributed by atoms with Gasteiger partial charge in [-0.2, -0.15) is 0 Å². The van der Waals surface area contributed by atoms with E-state index in [4.69, 9.17) is 4.74 Å². The largest absolute Gasteiger partial charge is 0.494 e. The molecule has 3 aromatic rings. The summed E-state index contributed by atoms with van der Waals surface area (Å²) in [5.41, 5.74) is 2.56. The molecule has 0 aliphatic heterocycles. The van der Waals surface area contributed by atoms with Crippen LogP contribution in [0.15, 0.2) is 49.1 Å². The van der Waals surface area contributed by atoms with Gasteiger partial charge >= 0.3 is 0 Å². The predicted molar refractivity (Wildman–Crippen MR) is 105 cm³/mol. The number of methoxy groups -OCH3 is 1. The lowest BCUT2D eigenvalue weighted by Gasteiger charge is -2.11. The molecule has 0 fully saturated rings. The fourth-order valence-corrected chi connectivity index (χ4v) is 2.74. The molecule has 1 N–H and O–H groups in total. The van der Waals surface area contributed by atoms with E-state index in [1.165, 1.54) is 13.2 Å². The van der Waals surface area contributed by atoms with Crippen LogP contribution in [0.2, 0.25) is 0 Å². The molecule has 0 spiro atoms. The fourth-order valence-electron chi connectivity index (χ4n) is 2.74. The first-order valence-corrected chi connectivity index (χ1v) is 8.98. The van der Waals surface area contributed by atoms with Gasteiger partial charge in [-0.15, -0.1) is 0 Å². The summed E-state index contributed by atoms with van der Waals surface area (Å²) in [5, 5.41) is 3.06. The molecule has 0 aliphatic carbocycles. The zero-order valence-corrected chi connectivity index (χ0v) is 15.8. The van der Waals surface area contributed by atoms with Crippen LogP contribution in [0, 0.1) is 5.82 Å². The number of halogens is 1. The topological polar surface area (TPSA) is 77.0 Å². The number of carbonyl (C=O) groups is 1. The number of ether oxygens (including phenoxy) is 1. The zero-order chi connectivity index (χ0) is 19.9. The van der Waals surface area contributed by atoms with Gasteiger partial charge in [0.25, 0.3) is 0 Å². The SMILES string of the molecule is CCC(=O)c1cc(CCc2cnc(Nc3cccnc3)nc2)c(F)c(OC)c1. The maximum absolute atomic E-state index is 14.5. The molecule has 3 rings (SSSR count). The molecule has 0 saturated heterocycles. The van der Waals surface area contributed by atoms with Gasteiger partial charge in [-0.1, -0.05) is 6.92 Å². The number of Topliss-reactive ketones (excluding diaryl/α,β-unsaturated/α-hetero) is 1. The molecule has 0 bridgehead atoms. The molecule has 0 atom stereocenters. The van der Waals surface area contributed by atoms with Gasteiger partial charge in [-0.25, -0.2) is 14.4 Å². The van der Waals surface area contributed by atoms with Crippen LogP contribution in [0.25, 0.3) is 0 Å². The Hall–Kier alpha value is -3.35. The Bertz CT molecular complexity index is 947. The number of carbonyl (C=O) groups excluding carboxylic acids is 1. The second-order valence-corrected chi connectivity index (χ2v) is 6.21. The average Bonchev–Trinajstić information content (AvgIpc) is 2.74. The van der Waals surface area contributed by atoms with Crippen LogP contribution < -0.4 is 10.1 Å². The number of ketones is 1. The Kier molecular flexibility index (Phi) is 6.26. The van der Waals surface area contributed by atoms with Crippen molar-refractivity contribution < 1.29 is 13.9 Å². The number of rotatable bonds is 8. The zero-order valence-electron chi connectivity index (χ0n) is 15.8. The molecular weight excluding hydrogens is 359 g/mol. The highest BCUT2D eigenvalue weighted by molar-refractivity contribution is 5.96. The molecule has 6 nitrogen and oxygen atoms in total. The third kappa shape index (κ3) is 4.68. The van der Waals surface area contributed by atoms with Crippen LogP contribution in [-0.2, 0) is 12.8 Å². The average molecular weight is 380 g/mol. The van der Waals surface area contributed by atoms with E-state index < -0.39 is 5.82 Å². The van der Waals surface area contributed by atoms with Crippen molar-refractivity contribution in [2.45, 2.75) is 26.2 Å². The third-order valence-electron chi connectivity index (χ3n) is 4.28. The van der Waals surface area contributed by atoms with E-state index in [2.05, 4.69) is 20.3 Å². The fraction of sp³-hybridized carbons (Fsp3) is 0.238. The third-order valence-corrected chi connectivity index (χ3v) is 4.28. The van der Waals surface area contributed by atoms with Gasteiger partial charge in [0, 0.05) is 30.6 Å². The first-order valence-electron chi connectivity index (χ1n) is 8.98. The van der Waals surface area contributed by atoms with Crippen LogP contribution in [0.1, 0.15) is 34.8 Å². The highest BCUT2D eigenvalue weighted by Gasteiger charge is 2.15. The molecule has 0 radical (unpaired) electrons. The van der Waals surface area contributed by atoms with E-state index in [0.717, 1.165) is 11.3 Å². The number of nitrogens with one attached hydrogen (secondary N) is 1. The second kappa shape index (κ2) is 9.03. The lowest BCUT2D eigenvalue weighted by Crippen LogP contribution is -2.04. The maximum Gasteiger partial charge on any atom is 0.227 e. The standard InChI is InChI=1S/C21H21FN4O2/c1-3-18(27)16-9-15(20(22)19(10-16)28-2)7-6-14-11-24-21(25-12-14)26-17-5-4-8-23-13-17/h4-5,8-13H,3,6-7H2,1-2H3,(H,24,25,26). The van der Waals surface area contributed by atoms with Crippen LogP contribution >= 0.6 is 0 Å². The monoisotopic (exact) mass is 380 g/mol. The van der Waals surface area contributed by atoms with E-state index >= 15 is 0 Å². The second-order valence-electron chi connectivity index (χ2n) is 6.21. The van der Waals surface area contributed by atoms with Crippen LogP contribution in [-0.4, -0.2) is 27.8 Å². The Morgan fingerprint density at radius 3 is 2.61 bits per heavy atom. The van der Waals surface area contributed by atoms with E-state index in [1.807, 2.05) is 12.1 Å². The van der Waals surface area contributed by atoms with Gasteiger partial charge in [-0.05, 0) is 48.2 Å². The number of hydrogen-bond acceptors (Lipinski definition) is 6. The molecule has 7 heteroatoms. The minimum absolute atomic E-state index is 0.0475. The normalized spacial score (nSPS) is 10.5. The van der Waals surface area contributed by atoms with Crippen molar-refractivity contribution in [2.24, 2.45) is 0 Å². The Balaban J connectivity index is 1.70. The molecule has 0 unspecified atom stereocenters. The van der Waals surface area contributed by atoms with Crippen LogP contribution in [0.4, 0.5) is 16.0 Å². The van der Waals surface area contributed by atoms with Crippen LogP contribution in [0.5, 0.6) is 5.75 Å². The molecule has 28 heavy (non-hydrogen) atoms. The lowest BCUT2D eigenvalue weighted by atomic mass is 10.00. The summed E-state index contributed by atoms with van der Waals surface area (Å²) in [6, 6.07) is 6.73. The molecular formula is C21H21FN4O2. The van der Waals surface area contributed by atoms with Crippen molar-refractivity contribution in [2.75, 3.05) is 12.4 Å². The smallest absolute Gasteiger partial charge is 0.227 e. The molecule has 2 aromatic heterocycles. The molecule has 2 heterocycles. The lowest BCUT2D eigenvalue weighted by molar-refractivity contribution is 0.0987. The number of anilines is 2. The summed E-state index contributed by atoms with van der Waals surface area (Å²) in [5.74, 6) is 0.0568. The number of pyridine rings is 1. The van der Waals surface area contributed by atoms with E-state index in [1.54, 1.807) is 37.8 Å². The first-order chi connectivity index (χ1) is 13.6. The highest BCUT2D eigenvalue weighted by Crippen LogP contribution is 2.25. The van der Waals surface area contributed by atoms with Crippen molar-refractivity contribution in [1.82, 2.24) is 15.0 Å². The van der Waals surface area contributed by atoms with E-state index in [-0.39, 0.29) is 11.5 Å². The maximum atomic E-state index is 14.5. The number of aromatic nitrogens is 3. The molecule has 144 valence electrons. The Morgan fingerprint density at radius 1 is 1.18 bits per heavy atom. The van der Waals surface area contributed by atoms with Gasteiger partial charge in [0.2, 0.25) is 5.95 Å². The van der Waals surface area contributed by atoms with Gasteiger partial charge in [0.15, 0.2) is 17.3 Å². The number of benzene rings is 1. The molecule has 0 saturated carbocycles. The molecule has 1 aromatic carbocycles. The van der Waals surface area contributed by atoms with Gasteiger partial charge < -0.3 is 10.1 Å². The quantitative estimate of drug-likeness (QED) is 0.592. The summed E-state index contributed by atoms with van der Waals surface area (Å²) >= 11 is 0. The Labute approximate surface area is 162 Å². The summed E-state index contributed by atoms with van der Waals surface area (Å²) in [7, 11) is 1.39. The molecule has 0 amide bonds. The predicted octanol–water partition coefficient (Wildman–Crippen LogP) is 4.14. The summed E-state index contributed by atoms with van der Waals surface area (Å²) in [6.07, 6.45) is 8.06. The van der Waals surface area contributed by atoms with E-state index in [9.17, 15) is 9.18 Å².